The van der Waals surface area contributed by atoms with E-state index in [9.17, 15) is 18.0 Å². The quantitative estimate of drug-likeness (QED) is 0.819. The summed E-state index contributed by atoms with van der Waals surface area (Å²) in [5.41, 5.74) is 0.187. The highest BCUT2D eigenvalue weighted by molar-refractivity contribution is 5.90. The van der Waals surface area contributed by atoms with E-state index in [-0.39, 0.29) is 19.0 Å². The molecule has 1 fully saturated rings. The first-order chi connectivity index (χ1) is 12.4. The summed E-state index contributed by atoms with van der Waals surface area (Å²) in [5, 5.41) is 8.91. The Kier molecular flexibility index (Phi) is 5.06. The zero-order valence-electron chi connectivity index (χ0n) is 14.1. The van der Waals surface area contributed by atoms with Crippen LogP contribution in [0.5, 0.6) is 5.75 Å². The zero-order chi connectivity index (χ0) is 18.7. The number of carbonyl (C=O) groups excluding carboxylic acids is 1. The number of rotatable bonds is 6. The van der Waals surface area contributed by atoms with Crippen molar-refractivity contribution in [2.45, 2.75) is 31.5 Å². The van der Waals surface area contributed by atoms with E-state index >= 15 is 0 Å². The summed E-state index contributed by atoms with van der Waals surface area (Å²) in [4.78, 5) is 12.0. The Labute approximate surface area is 148 Å². The van der Waals surface area contributed by atoms with Crippen molar-refractivity contribution in [3.05, 3.63) is 41.7 Å². The molecule has 2 aromatic rings. The van der Waals surface area contributed by atoms with Gasteiger partial charge in [-0.1, -0.05) is 12.1 Å². The van der Waals surface area contributed by atoms with Crippen molar-refractivity contribution in [1.29, 1.82) is 0 Å². The number of ether oxygens (including phenoxy) is 1. The van der Waals surface area contributed by atoms with Crippen LogP contribution in [0, 0.1) is 0 Å². The molecule has 3 rings (SSSR count). The number of anilines is 1. The third-order valence-corrected chi connectivity index (χ3v) is 4.06. The van der Waals surface area contributed by atoms with Gasteiger partial charge in [0.15, 0.2) is 5.69 Å². The molecule has 26 heavy (non-hydrogen) atoms. The standard InChI is InChI=1S/C17H19F3N4O2/c1-26-14-5-3-2-4-12(14)22-16(25)21-8-9-24-13(11-6-7-11)10-15(23-24)17(18,19)20/h2-5,10-11H,6-9H2,1H3,(H2,21,22,25). The highest BCUT2D eigenvalue weighted by Gasteiger charge is 2.37. The third-order valence-electron chi connectivity index (χ3n) is 4.06. The lowest BCUT2D eigenvalue weighted by Crippen LogP contribution is -2.32. The van der Waals surface area contributed by atoms with Crippen molar-refractivity contribution in [3.63, 3.8) is 0 Å². The van der Waals surface area contributed by atoms with Crippen LogP contribution >= 0.6 is 0 Å². The van der Waals surface area contributed by atoms with Gasteiger partial charge in [0.2, 0.25) is 0 Å². The van der Waals surface area contributed by atoms with Gasteiger partial charge in [-0.15, -0.1) is 0 Å². The van der Waals surface area contributed by atoms with Gasteiger partial charge in [-0.25, -0.2) is 4.79 Å². The molecule has 0 bridgehead atoms. The first-order valence-electron chi connectivity index (χ1n) is 8.21. The second kappa shape index (κ2) is 7.27. The van der Waals surface area contributed by atoms with E-state index in [2.05, 4.69) is 15.7 Å². The average Bonchev–Trinajstić information content (AvgIpc) is 3.34. The summed E-state index contributed by atoms with van der Waals surface area (Å²) < 4.78 is 45.1. The fraction of sp³-hybridized carbons (Fsp3) is 0.412. The summed E-state index contributed by atoms with van der Waals surface area (Å²) in [7, 11) is 1.49. The van der Waals surface area contributed by atoms with Crippen molar-refractivity contribution < 1.29 is 22.7 Å². The van der Waals surface area contributed by atoms with Crippen LogP contribution in [0.3, 0.4) is 0 Å². The summed E-state index contributed by atoms with van der Waals surface area (Å²) in [6.07, 6.45) is -2.74. The van der Waals surface area contributed by atoms with Gasteiger partial charge in [0.1, 0.15) is 5.75 Å². The van der Waals surface area contributed by atoms with Gasteiger partial charge < -0.3 is 15.4 Å². The minimum absolute atomic E-state index is 0.126. The first-order valence-corrected chi connectivity index (χ1v) is 8.21. The van der Waals surface area contributed by atoms with Gasteiger partial charge in [-0.3, -0.25) is 4.68 Å². The van der Waals surface area contributed by atoms with Crippen LogP contribution in [0.2, 0.25) is 0 Å². The molecular formula is C17H19F3N4O2. The lowest BCUT2D eigenvalue weighted by Gasteiger charge is -2.11. The van der Waals surface area contributed by atoms with Gasteiger partial charge in [0.05, 0.1) is 19.3 Å². The summed E-state index contributed by atoms with van der Waals surface area (Å²) in [6.45, 7) is 0.320. The molecule has 0 radical (unpaired) electrons. The third kappa shape index (κ3) is 4.27. The maximum atomic E-state index is 12.9. The van der Waals surface area contributed by atoms with E-state index in [1.807, 2.05) is 0 Å². The summed E-state index contributed by atoms with van der Waals surface area (Å²) in [6, 6.07) is 7.56. The molecule has 1 saturated carbocycles. The highest BCUT2D eigenvalue weighted by Crippen LogP contribution is 2.42. The van der Waals surface area contributed by atoms with Crippen molar-refractivity contribution >= 4 is 11.7 Å². The molecule has 0 saturated heterocycles. The van der Waals surface area contributed by atoms with E-state index in [4.69, 9.17) is 4.74 Å². The van der Waals surface area contributed by atoms with Crippen LogP contribution in [-0.4, -0.2) is 29.5 Å². The van der Waals surface area contributed by atoms with Crippen LogP contribution in [0.25, 0.3) is 0 Å². The Hall–Kier alpha value is -2.71. The number of para-hydroxylation sites is 2. The number of hydrogen-bond donors (Lipinski definition) is 2. The number of carbonyl (C=O) groups is 1. The van der Waals surface area contributed by atoms with Crippen molar-refractivity contribution in [1.82, 2.24) is 15.1 Å². The maximum Gasteiger partial charge on any atom is 0.435 e. The number of benzene rings is 1. The fourth-order valence-electron chi connectivity index (χ4n) is 2.65. The Morgan fingerprint density at radius 3 is 2.73 bits per heavy atom. The van der Waals surface area contributed by atoms with Crippen LogP contribution in [-0.2, 0) is 12.7 Å². The Morgan fingerprint density at radius 1 is 1.35 bits per heavy atom. The van der Waals surface area contributed by atoms with Gasteiger partial charge in [0.25, 0.3) is 0 Å². The number of halogens is 3. The molecule has 140 valence electrons. The number of amides is 2. The molecule has 9 heteroatoms. The van der Waals surface area contributed by atoms with Crippen LogP contribution in [0.15, 0.2) is 30.3 Å². The van der Waals surface area contributed by atoms with Gasteiger partial charge in [-0.05, 0) is 31.0 Å². The van der Waals surface area contributed by atoms with E-state index in [0.717, 1.165) is 18.9 Å². The Morgan fingerprint density at radius 2 is 2.08 bits per heavy atom. The smallest absolute Gasteiger partial charge is 0.435 e. The molecule has 0 aliphatic heterocycles. The Balaban J connectivity index is 1.58. The predicted octanol–water partition coefficient (Wildman–Crippen LogP) is 3.61. The predicted molar refractivity (Wildman–Crippen MR) is 89.2 cm³/mol. The summed E-state index contributed by atoms with van der Waals surface area (Å²) >= 11 is 0. The first kappa shape index (κ1) is 18.1. The molecule has 2 N–H and O–H groups in total. The van der Waals surface area contributed by atoms with E-state index in [0.29, 0.717) is 17.1 Å². The zero-order valence-corrected chi connectivity index (χ0v) is 14.1. The average molecular weight is 368 g/mol. The minimum atomic E-state index is -4.47. The number of urea groups is 1. The van der Waals surface area contributed by atoms with E-state index < -0.39 is 17.9 Å². The number of hydrogen-bond acceptors (Lipinski definition) is 3. The van der Waals surface area contributed by atoms with E-state index in [1.54, 1.807) is 24.3 Å². The molecule has 1 aromatic carbocycles. The van der Waals surface area contributed by atoms with Gasteiger partial charge >= 0.3 is 12.2 Å². The van der Waals surface area contributed by atoms with Crippen molar-refractivity contribution in [2.24, 2.45) is 0 Å². The molecule has 0 unspecified atom stereocenters. The second-order valence-electron chi connectivity index (χ2n) is 6.03. The summed E-state index contributed by atoms with van der Waals surface area (Å²) in [5.74, 6) is 0.640. The highest BCUT2D eigenvalue weighted by atomic mass is 19.4. The molecule has 1 heterocycles. The molecule has 0 atom stereocenters. The SMILES string of the molecule is COc1ccccc1NC(=O)NCCn1nc(C(F)(F)F)cc1C1CC1. The number of methoxy groups -OCH3 is 1. The van der Waals surface area contributed by atoms with Crippen LogP contribution in [0.4, 0.5) is 23.7 Å². The lowest BCUT2D eigenvalue weighted by atomic mass is 10.2. The fourth-order valence-corrected chi connectivity index (χ4v) is 2.65. The molecular weight excluding hydrogens is 349 g/mol. The van der Waals surface area contributed by atoms with Crippen LogP contribution in [0.1, 0.15) is 30.1 Å². The number of alkyl halides is 3. The molecule has 0 spiro atoms. The van der Waals surface area contributed by atoms with E-state index in [1.165, 1.54) is 11.8 Å². The number of nitrogens with zero attached hydrogens (tertiary/aromatic N) is 2. The minimum Gasteiger partial charge on any atom is -0.495 e. The van der Waals surface area contributed by atoms with Crippen molar-refractivity contribution in [3.8, 4) is 5.75 Å². The van der Waals surface area contributed by atoms with Gasteiger partial charge in [0, 0.05) is 18.2 Å². The molecule has 1 aromatic heterocycles. The van der Waals surface area contributed by atoms with Gasteiger partial charge in [-0.2, -0.15) is 18.3 Å². The largest absolute Gasteiger partial charge is 0.495 e. The topological polar surface area (TPSA) is 68.2 Å². The molecule has 6 nitrogen and oxygen atoms in total. The lowest BCUT2D eigenvalue weighted by molar-refractivity contribution is -0.141. The van der Waals surface area contributed by atoms with Crippen LogP contribution < -0.4 is 15.4 Å². The number of nitrogens with one attached hydrogen (secondary N) is 2. The number of aromatic nitrogens is 2. The molecule has 1 aliphatic rings. The maximum absolute atomic E-state index is 12.9. The second-order valence-corrected chi connectivity index (χ2v) is 6.03. The normalized spacial score (nSPS) is 14.2. The molecule has 2 amide bonds. The van der Waals surface area contributed by atoms with Crippen molar-refractivity contribution in [2.75, 3.05) is 19.0 Å². The Bertz CT molecular complexity index is 785. The molecule has 1 aliphatic carbocycles. The monoisotopic (exact) mass is 368 g/mol.